The van der Waals surface area contributed by atoms with Gasteiger partial charge in [0.15, 0.2) is 11.5 Å². The Morgan fingerprint density at radius 2 is 1.65 bits per heavy atom. The molecule has 184 valence electrons. The van der Waals surface area contributed by atoms with Crippen molar-refractivity contribution in [2.45, 2.75) is 44.9 Å². The van der Waals surface area contributed by atoms with Crippen LogP contribution in [0.4, 0.5) is 0 Å². The van der Waals surface area contributed by atoms with E-state index < -0.39 is 0 Å². The molecule has 1 aliphatic heterocycles. The molecule has 2 aromatic carbocycles. The van der Waals surface area contributed by atoms with Crippen molar-refractivity contribution >= 4 is 5.91 Å². The fourth-order valence-corrected chi connectivity index (χ4v) is 5.31. The molecule has 0 radical (unpaired) electrons. The van der Waals surface area contributed by atoms with E-state index in [0.717, 1.165) is 80.2 Å². The predicted molar refractivity (Wildman–Crippen MR) is 134 cm³/mol. The second-order valence-electron chi connectivity index (χ2n) is 9.65. The van der Waals surface area contributed by atoms with Gasteiger partial charge >= 0.3 is 0 Å². The standard InChI is InChI=1S/C28H38N2O4/c1-19-13-22-17-28(31)30(12-8-20(22)15-25(19)32-3)10-6-9-29(2)11-7-21-14-23-16-26(33-4)27(34-5)18-24(21)23/h13,15-16,18,21H,6-12,14,17H2,1-5H3/t21-/m0/s1. The van der Waals surface area contributed by atoms with Crippen LogP contribution in [0, 0.1) is 6.92 Å². The molecule has 2 aliphatic rings. The van der Waals surface area contributed by atoms with Crippen molar-refractivity contribution in [2.75, 3.05) is 54.6 Å². The maximum atomic E-state index is 12.9. The number of fused-ring (bicyclic) bond motifs is 2. The highest BCUT2D eigenvalue weighted by atomic mass is 16.5. The minimum atomic E-state index is 0.237. The summed E-state index contributed by atoms with van der Waals surface area (Å²) in [5, 5.41) is 0. The fourth-order valence-electron chi connectivity index (χ4n) is 5.31. The van der Waals surface area contributed by atoms with E-state index >= 15 is 0 Å². The molecule has 0 unspecified atom stereocenters. The first-order chi connectivity index (χ1) is 16.4. The van der Waals surface area contributed by atoms with Gasteiger partial charge in [0.1, 0.15) is 5.75 Å². The first kappa shape index (κ1) is 24.4. The number of carbonyl (C=O) groups excluding carboxylic acids is 1. The summed E-state index contributed by atoms with van der Waals surface area (Å²) < 4.78 is 16.4. The Balaban J connectivity index is 1.22. The Labute approximate surface area is 203 Å². The Morgan fingerprint density at radius 3 is 2.38 bits per heavy atom. The number of nitrogens with zero attached hydrogens (tertiary/aromatic N) is 2. The van der Waals surface area contributed by atoms with Crippen molar-refractivity contribution in [1.82, 2.24) is 9.80 Å². The Hall–Kier alpha value is -2.73. The number of aryl methyl sites for hydroxylation is 1. The molecule has 1 heterocycles. The first-order valence-electron chi connectivity index (χ1n) is 12.3. The molecule has 6 nitrogen and oxygen atoms in total. The van der Waals surface area contributed by atoms with Crippen molar-refractivity contribution in [1.29, 1.82) is 0 Å². The number of hydrogen-bond acceptors (Lipinski definition) is 5. The van der Waals surface area contributed by atoms with Crippen LogP contribution in [0.25, 0.3) is 0 Å². The summed E-state index contributed by atoms with van der Waals surface area (Å²) in [5.74, 6) is 3.37. The minimum absolute atomic E-state index is 0.237. The maximum absolute atomic E-state index is 12.9. The van der Waals surface area contributed by atoms with E-state index in [2.05, 4.69) is 36.2 Å². The van der Waals surface area contributed by atoms with Crippen LogP contribution in [0.1, 0.15) is 46.6 Å². The summed E-state index contributed by atoms with van der Waals surface area (Å²) in [6.45, 7) is 5.69. The molecule has 0 bridgehead atoms. The molecule has 4 rings (SSSR count). The van der Waals surface area contributed by atoms with E-state index in [1.54, 1.807) is 21.3 Å². The molecule has 34 heavy (non-hydrogen) atoms. The number of hydrogen-bond donors (Lipinski definition) is 0. The molecule has 0 saturated carbocycles. The smallest absolute Gasteiger partial charge is 0.227 e. The molecule has 1 aliphatic carbocycles. The van der Waals surface area contributed by atoms with Crippen LogP contribution in [0.5, 0.6) is 17.2 Å². The largest absolute Gasteiger partial charge is 0.496 e. The van der Waals surface area contributed by atoms with Crippen molar-refractivity contribution in [3.8, 4) is 17.2 Å². The number of methoxy groups -OCH3 is 3. The van der Waals surface area contributed by atoms with Gasteiger partial charge in [0.25, 0.3) is 0 Å². The highest BCUT2D eigenvalue weighted by molar-refractivity contribution is 5.80. The van der Waals surface area contributed by atoms with Crippen LogP contribution in [-0.4, -0.2) is 70.3 Å². The molecular formula is C28H38N2O4. The number of rotatable bonds is 10. The molecule has 1 atom stereocenters. The third-order valence-electron chi connectivity index (χ3n) is 7.44. The zero-order valence-corrected chi connectivity index (χ0v) is 21.3. The van der Waals surface area contributed by atoms with Crippen molar-refractivity contribution in [3.63, 3.8) is 0 Å². The molecular weight excluding hydrogens is 428 g/mol. The van der Waals surface area contributed by atoms with Crippen molar-refractivity contribution < 1.29 is 19.0 Å². The monoisotopic (exact) mass is 466 g/mol. The molecule has 0 N–H and O–H groups in total. The van der Waals surface area contributed by atoms with Gasteiger partial charge in [-0.25, -0.2) is 0 Å². The number of benzene rings is 2. The van der Waals surface area contributed by atoms with Gasteiger partial charge in [-0.05, 0) is 105 Å². The molecule has 2 aromatic rings. The van der Waals surface area contributed by atoms with Crippen LogP contribution < -0.4 is 14.2 Å². The van der Waals surface area contributed by atoms with Gasteiger partial charge in [-0.15, -0.1) is 0 Å². The second-order valence-corrected chi connectivity index (χ2v) is 9.65. The van der Waals surface area contributed by atoms with Gasteiger partial charge in [-0.3, -0.25) is 4.79 Å². The average Bonchev–Trinajstić information content (AvgIpc) is 2.96. The van der Waals surface area contributed by atoms with E-state index in [1.165, 1.54) is 16.7 Å². The maximum Gasteiger partial charge on any atom is 0.227 e. The molecule has 0 fully saturated rings. The summed E-state index contributed by atoms with van der Waals surface area (Å²) in [5.41, 5.74) is 6.26. The van der Waals surface area contributed by atoms with E-state index in [1.807, 2.05) is 11.8 Å². The number of amides is 1. The topological polar surface area (TPSA) is 51.2 Å². The molecule has 0 saturated heterocycles. The molecule has 0 spiro atoms. The van der Waals surface area contributed by atoms with Gasteiger partial charge in [0, 0.05) is 13.1 Å². The lowest BCUT2D eigenvalue weighted by atomic mass is 9.75. The lowest BCUT2D eigenvalue weighted by molar-refractivity contribution is -0.130. The van der Waals surface area contributed by atoms with Gasteiger partial charge in [-0.1, -0.05) is 6.07 Å². The fraction of sp³-hybridized carbons (Fsp3) is 0.536. The SMILES string of the molecule is COc1cc2c(cc1C)CC(=O)N(CCCN(C)CC[C@H]1Cc3cc(OC)c(OC)cc31)CC2. The average molecular weight is 467 g/mol. The van der Waals surface area contributed by atoms with Crippen molar-refractivity contribution in [3.05, 3.63) is 52.1 Å². The summed E-state index contributed by atoms with van der Waals surface area (Å²) in [6, 6.07) is 8.48. The van der Waals surface area contributed by atoms with E-state index in [0.29, 0.717) is 12.3 Å². The zero-order chi connectivity index (χ0) is 24.2. The zero-order valence-electron chi connectivity index (χ0n) is 21.3. The molecule has 6 heteroatoms. The Morgan fingerprint density at radius 1 is 0.941 bits per heavy atom. The number of carbonyl (C=O) groups is 1. The third kappa shape index (κ3) is 5.17. The quantitative estimate of drug-likeness (QED) is 0.530. The first-order valence-corrected chi connectivity index (χ1v) is 12.3. The highest BCUT2D eigenvalue weighted by Crippen LogP contribution is 2.43. The van der Waals surface area contributed by atoms with E-state index in [9.17, 15) is 4.79 Å². The van der Waals surface area contributed by atoms with Crippen LogP contribution in [-0.2, 0) is 24.1 Å². The van der Waals surface area contributed by atoms with Gasteiger partial charge in [0.05, 0.1) is 27.8 Å². The molecule has 1 amide bonds. The summed E-state index contributed by atoms with van der Waals surface area (Å²) >= 11 is 0. The van der Waals surface area contributed by atoms with Crippen LogP contribution >= 0.6 is 0 Å². The number of ether oxygens (including phenoxy) is 3. The predicted octanol–water partition coefficient (Wildman–Crippen LogP) is 4.00. The van der Waals surface area contributed by atoms with E-state index in [4.69, 9.17) is 14.2 Å². The lowest BCUT2D eigenvalue weighted by Crippen LogP contribution is -2.35. The summed E-state index contributed by atoms with van der Waals surface area (Å²) in [4.78, 5) is 17.3. The normalized spacial score (nSPS) is 17.1. The summed E-state index contributed by atoms with van der Waals surface area (Å²) in [7, 11) is 7.27. The van der Waals surface area contributed by atoms with Gasteiger partial charge < -0.3 is 24.0 Å². The van der Waals surface area contributed by atoms with E-state index in [-0.39, 0.29) is 5.91 Å². The highest BCUT2D eigenvalue weighted by Gasteiger charge is 2.28. The van der Waals surface area contributed by atoms with Gasteiger partial charge in [0.2, 0.25) is 5.91 Å². The summed E-state index contributed by atoms with van der Waals surface area (Å²) in [6.07, 6.45) is 4.62. The lowest BCUT2D eigenvalue weighted by Gasteiger charge is -2.32. The van der Waals surface area contributed by atoms with Crippen LogP contribution in [0.2, 0.25) is 0 Å². The third-order valence-corrected chi connectivity index (χ3v) is 7.44. The second kappa shape index (κ2) is 10.7. The van der Waals surface area contributed by atoms with Gasteiger partial charge in [-0.2, -0.15) is 0 Å². The van der Waals surface area contributed by atoms with Crippen LogP contribution in [0.3, 0.4) is 0 Å². The molecule has 0 aromatic heterocycles. The van der Waals surface area contributed by atoms with Crippen LogP contribution in [0.15, 0.2) is 24.3 Å². The Kier molecular flexibility index (Phi) is 7.67. The Bertz CT molecular complexity index is 1040. The minimum Gasteiger partial charge on any atom is -0.496 e. The van der Waals surface area contributed by atoms with Crippen molar-refractivity contribution in [2.24, 2.45) is 0 Å².